The maximum Gasteiger partial charge on any atom is 0.262 e. The van der Waals surface area contributed by atoms with Gasteiger partial charge < -0.3 is 19.9 Å². The Labute approximate surface area is 150 Å². The molecule has 0 saturated carbocycles. The Kier molecular flexibility index (Phi) is 5.28. The lowest BCUT2D eigenvalue weighted by molar-refractivity contribution is -0.118. The number of anilines is 2. The molecule has 7 heteroatoms. The van der Waals surface area contributed by atoms with E-state index in [4.69, 9.17) is 9.26 Å². The van der Waals surface area contributed by atoms with Crippen LogP contribution in [-0.2, 0) is 4.79 Å². The number of para-hydroxylation sites is 1. The molecule has 1 aromatic heterocycles. The van der Waals surface area contributed by atoms with E-state index in [1.54, 1.807) is 49.4 Å². The summed E-state index contributed by atoms with van der Waals surface area (Å²) in [5.74, 6) is 0.976. The van der Waals surface area contributed by atoms with Crippen LogP contribution >= 0.6 is 0 Å². The molecule has 2 aromatic carbocycles. The molecule has 3 aromatic rings. The Balaban J connectivity index is 1.52. The zero-order chi connectivity index (χ0) is 18.4. The predicted octanol–water partition coefficient (Wildman–Crippen LogP) is 3.25. The molecule has 0 bridgehead atoms. The lowest BCUT2D eigenvalue weighted by atomic mass is 10.2. The normalized spacial score (nSPS) is 10.2. The Bertz CT molecular complexity index is 889. The lowest BCUT2D eigenvalue weighted by Gasteiger charge is -2.08. The SMILES string of the molecule is Cc1cc(NC(=O)c2ccc(NC(=O)COc3ccccc3)cc2)no1. The van der Waals surface area contributed by atoms with E-state index in [1.165, 1.54) is 0 Å². The summed E-state index contributed by atoms with van der Waals surface area (Å²) >= 11 is 0. The summed E-state index contributed by atoms with van der Waals surface area (Å²) in [7, 11) is 0. The highest BCUT2D eigenvalue weighted by Gasteiger charge is 2.09. The van der Waals surface area contributed by atoms with E-state index < -0.39 is 0 Å². The Morgan fingerprint density at radius 3 is 2.42 bits per heavy atom. The smallest absolute Gasteiger partial charge is 0.262 e. The number of hydrogen-bond acceptors (Lipinski definition) is 5. The molecule has 2 N–H and O–H groups in total. The molecule has 0 radical (unpaired) electrons. The van der Waals surface area contributed by atoms with Crippen LogP contribution in [0.3, 0.4) is 0 Å². The quantitative estimate of drug-likeness (QED) is 0.711. The van der Waals surface area contributed by atoms with Gasteiger partial charge in [0.1, 0.15) is 11.5 Å². The fraction of sp³-hybridized carbons (Fsp3) is 0.105. The largest absolute Gasteiger partial charge is 0.484 e. The van der Waals surface area contributed by atoms with Crippen molar-refractivity contribution in [2.24, 2.45) is 0 Å². The zero-order valence-electron chi connectivity index (χ0n) is 14.1. The van der Waals surface area contributed by atoms with Crippen LogP contribution in [0.15, 0.2) is 65.2 Å². The molecule has 0 unspecified atom stereocenters. The van der Waals surface area contributed by atoms with Crippen LogP contribution < -0.4 is 15.4 Å². The number of amides is 2. The van der Waals surface area contributed by atoms with Gasteiger partial charge in [0, 0.05) is 17.3 Å². The summed E-state index contributed by atoms with van der Waals surface area (Å²) in [6, 6.07) is 17.2. The van der Waals surface area contributed by atoms with E-state index in [0.717, 1.165) is 0 Å². The summed E-state index contributed by atoms with van der Waals surface area (Å²) in [5.41, 5.74) is 1.00. The molecular formula is C19H17N3O4. The molecule has 1 heterocycles. The van der Waals surface area contributed by atoms with Crippen molar-refractivity contribution in [1.29, 1.82) is 0 Å². The molecule has 0 fully saturated rings. The first kappa shape index (κ1) is 17.2. The standard InChI is InChI=1S/C19H17N3O4/c1-13-11-17(22-26-13)21-19(24)14-7-9-15(10-8-14)20-18(23)12-25-16-5-3-2-4-6-16/h2-11H,12H2,1H3,(H,20,23)(H,21,22,24). The van der Waals surface area contributed by atoms with Crippen LogP contribution in [-0.4, -0.2) is 23.6 Å². The van der Waals surface area contributed by atoms with E-state index in [9.17, 15) is 9.59 Å². The number of nitrogens with one attached hydrogen (secondary N) is 2. The van der Waals surface area contributed by atoms with Crippen molar-refractivity contribution in [3.63, 3.8) is 0 Å². The topological polar surface area (TPSA) is 93.5 Å². The van der Waals surface area contributed by atoms with Gasteiger partial charge in [-0.2, -0.15) is 0 Å². The molecule has 3 rings (SSSR count). The lowest BCUT2D eigenvalue weighted by Crippen LogP contribution is -2.20. The summed E-state index contributed by atoms with van der Waals surface area (Å²) < 4.78 is 10.3. The minimum Gasteiger partial charge on any atom is -0.484 e. The maximum atomic E-state index is 12.1. The van der Waals surface area contributed by atoms with E-state index in [2.05, 4.69) is 15.8 Å². The van der Waals surface area contributed by atoms with Crippen molar-refractivity contribution >= 4 is 23.3 Å². The highest BCUT2D eigenvalue weighted by Crippen LogP contribution is 2.13. The van der Waals surface area contributed by atoms with Gasteiger partial charge in [-0.25, -0.2) is 0 Å². The van der Waals surface area contributed by atoms with Gasteiger partial charge in [0.05, 0.1) is 0 Å². The van der Waals surface area contributed by atoms with Gasteiger partial charge in [-0.1, -0.05) is 23.4 Å². The number of carbonyl (C=O) groups is 2. The van der Waals surface area contributed by atoms with Crippen molar-refractivity contribution in [2.75, 3.05) is 17.2 Å². The van der Waals surface area contributed by atoms with Crippen molar-refractivity contribution in [3.8, 4) is 5.75 Å². The number of aromatic nitrogens is 1. The van der Waals surface area contributed by atoms with Crippen LogP contribution in [0.1, 0.15) is 16.1 Å². The Morgan fingerprint density at radius 1 is 1.04 bits per heavy atom. The van der Waals surface area contributed by atoms with E-state index >= 15 is 0 Å². The van der Waals surface area contributed by atoms with Crippen LogP contribution in [0, 0.1) is 6.92 Å². The fourth-order valence-corrected chi connectivity index (χ4v) is 2.18. The molecule has 0 aliphatic rings. The molecule has 26 heavy (non-hydrogen) atoms. The summed E-state index contributed by atoms with van der Waals surface area (Å²) in [4.78, 5) is 24.0. The van der Waals surface area contributed by atoms with Crippen LogP contribution in [0.4, 0.5) is 11.5 Å². The molecule has 0 atom stereocenters. The second-order valence-electron chi connectivity index (χ2n) is 5.50. The first-order chi connectivity index (χ1) is 12.6. The average Bonchev–Trinajstić information content (AvgIpc) is 3.06. The van der Waals surface area contributed by atoms with Crippen molar-refractivity contribution in [1.82, 2.24) is 5.16 Å². The van der Waals surface area contributed by atoms with Gasteiger partial charge in [0.15, 0.2) is 12.4 Å². The van der Waals surface area contributed by atoms with Crippen LogP contribution in [0.5, 0.6) is 5.75 Å². The molecule has 132 valence electrons. The highest BCUT2D eigenvalue weighted by molar-refractivity contribution is 6.04. The van der Waals surface area contributed by atoms with Gasteiger partial charge in [-0.15, -0.1) is 0 Å². The number of aryl methyl sites for hydroxylation is 1. The number of ether oxygens (including phenoxy) is 1. The molecule has 2 amide bonds. The second kappa shape index (κ2) is 7.98. The van der Waals surface area contributed by atoms with Crippen molar-refractivity contribution < 1.29 is 18.8 Å². The number of rotatable bonds is 6. The van der Waals surface area contributed by atoms with Gasteiger partial charge in [0.25, 0.3) is 11.8 Å². The Morgan fingerprint density at radius 2 is 1.77 bits per heavy atom. The molecular weight excluding hydrogens is 334 g/mol. The summed E-state index contributed by atoms with van der Waals surface area (Å²) in [6.07, 6.45) is 0. The summed E-state index contributed by atoms with van der Waals surface area (Å²) in [6.45, 7) is 1.64. The minimum atomic E-state index is -0.316. The summed E-state index contributed by atoms with van der Waals surface area (Å²) in [5, 5.41) is 9.04. The maximum absolute atomic E-state index is 12.1. The Hall–Kier alpha value is -3.61. The molecule has 0 spiro atoms. The zero-order valence-corrected chi connectivity index (χ0v) is 14.1. The number of hydrogen-bond donors (Lipinski definition) is 2. The van der Waals surface area contributed by atoms with Crippen LogP contribution in [0.25, 0.3) is 0 Å². The van der Waals surface area contributed by atoms with Gasteiger partial charge in [-0.3, -0.25) is 9.59 Å². The minimum absolute atomic E-state index is 0.0994. The number of nitrogens with zero attached hydrogens (tertiary/aromatic N) is 1. The van der Waals surface area contributed by atoms with Gasteiger partial charge in [-0.05, 0) is 43.3 Å². The fourth-order valence-electron chi connectivity index (χ4n) is 2.18. The number of benzene rings is 2. The number of carbonyl (C=O) groups excluding carboxylic acids is 2. The molecule has 0 aliphatic heterocycles. The first-order valence-corrected chi connectivity index (χ1v) is 7.92. The second-order valence-corrected chi connectivity index (χ2v) is 5.50. The van der Waals surface area contributed by atoms with E-state index in [0.29, 0.717) is 28.6 Å². The third-order valence-electron chi connectivity index (χ3n) is 3.41. The third-order valence-corrected chi connectivity index (χ3v) is 3.41. The third kappa shape index (κ3) is 4.70. The molecule has 0 saturated heterocycles. The average molecular weight is 351 g/mol. The first-order valence-electron chi connectivity index (χ1n) is 7.92. The van der Waals surface area contributed by atoms with Gasteiger partial charge >= 0.3 is 0 Å². The highest BCUT2D eigenvalue weighted by atomic mass is 16.5. The van der Waals surface area contributed by atoms with Gasteiger partial charge in [0.2, 0.25) is 0 Å². The predicted molar refractivity (Wildman–Crippen MR) is 96.2 cm³/mol. The van der Waals surface area contributed by atoms with Crippen LogP contribution in [0.2, 0.25) is 0 Å². The monoisotopic (exact) mass is 351 g/mol. The van der Waals surface area contributed by atoms with Crippen molar-refractivity contribution in [2.45, 2.75) is 6.92 Å². The van der Waals surface area contributed by atoms with E-state index in [-0.39, 0.29) is 18.4 Å². The van der Waals surface area contributed by atoms with E-state index in [1.807, 2.05) is 18.2 Å². The molecule has 0 aliphatic carbocycles. The van der Waals surface area contributed by atoms with Crippen molar-refractivity contribution in [3.05, 3.63) is 72.0 Å². The molecule has 7 nitrogen and oxygen atoms in total.